The number of imidazole rings is 1. The quantitative estimate of drug-likeness (QED) is 0.265. The van der Waals surface area contributed by atoms with Crippen molar-refractivity contribution in [2.24, 2.45) is 4.99 Å². The minimum absolute atomic E-state index is 0. The van der Waals surface area contributed by atoms with Crippen LogP contribution in [-0.4, -0.2) is 33.6 Å². The number of thiazole rings is 1. The molecule has 0 saturated carbocycles. The fourth-order valence-corrected chi connectivity index (χ4v) is 3.33. The number of rotatable bonds is 8. The average molecular weight is 476 g/mol. The highest BCUT2D eigenvalue weighted by Gasteiger charge is 2.04. The third kappa shape index (κ3) is 7.31. The van der Waals surface area contributed by atoms with Gasteiger partial charge in [0.05, 0.1) is 17.2 Å². The van der Waals surface area contributed by atoms with Crippen LogP contribution < -0.4 is 10.6 Å². The summed E-state index contributed by atoms with van der Waals surface area (Å²) in [6, 6.07) is 0. The van der Waals surface area contributed by atoms with Crippen LogP contribution in [0.4, 0.5) is 0 Å². The molecule has 0 aliphatic heterocycles. The molecular formula is C17H29IN6S. The third-order valence-corrected chi connectivity index (χ3v) is 4.82. The Balaban J connectivity index is 0.00000312. The number of aliphatic imine (C=N–C) groups is 1. The summed E-state index contributed by atoms with van der Waals surface area (Å²) in [7, 11) is 0. The smallest absolute Gasteiger partial charge is 0.191 e. The summed E-state index contributed by atoms with van der Waals surface area (Å²) in [4.78, 5) is 14.6. The van der Waals surface area contributed by atoms with Crippen molar-refractivity contribution in [3.8, 4) is 0 Å². The molecule has 140 valence electrons. The Morgan fingerprint density at radius 3 is 2.64 bits per heavy atom. The number of unbranched alkanes of at least 4 members (excludes halogenated alkanes) is 1. The van der Waals surface area contributed by atoms with E-state index in [0.717, 1.165) is 55.0 Å². The van der Waals surface area contributed by atoms with E-state index in [0.29, 0.717) is 6.54 Å². The Morgan fingerprint density at radius 2 is 2.04 bits per heavy atom. The van der Waals surface area contributed by atoms with Gasteiger partial charge in [0.2, 0.25) is 0 Å². The molecule has 0 atom stereocenters. The summed E-state index contributed by atoms with van der Waals surface area (Å²) in [5.41, 5.74) is 1.09. The van der Waals surface area contributed by atoms with Crippen LogP contribution in [0.1, 0.15) is 41.2 Å². The zero-order valence-electron chi connectivity index (χ0n) is 15.5. The average Bonchev–Trinajstić information content (AvgIpc) is 3.09. The minimum atomic E-state index is 0. The van der Waals surface area contributed by atoms with E-state index in [4.69, 9.17) is 0 Å². The van der Waals surface area contributed by atoms with Crippen molar-refractivity contribution in [1.82, 2.24) is 25.2 Å². The largest absolute Gasteiger partial charge is 0.357 e. The number of guanidine groups is 1. The Bertz CT molecular complexity index is 664. The lowest BCUT2D eigenvalue weighted by atomic mass is 10.3. The van der Waals surface area contributed by atoms with E-state index in [2.05, 4.69) is 37.1 Å². The highest BCUT2D eigenvalue weighted by atomic mass is 127. The summed E-state index contributed by atoms with van der Waals surface area (Å²) in [6.07, 6.45) is 6.11. The van der Waals surface area contributed by atoms with Crippen molar-refractivity contribution in [2.75, 3.05) is 13.1 Å². The van der Waals surface area contributed by atoms with Crippen LogP contribution in [0.25, 0.3) is 0 Å². The number of aryl methyl sites for hydroxylation is 4. The van der Waals surface area contributed by atoms with Gasteiger partial charge < -0.3 is 15.2 Å². The molecule has 0 saturated heterocycles. The molecule has 2 aromatic heterocycles. The van der Waals surface area contributed by atoms with Gasteiger partial charge in [0.15, 0.2) is 5.96 Å². The molecule has 0 aliphatic carbocycles. The summed E-state index contributed by atoms with van der Waals surface area (Å²) in [5.74, 6) is 1.95. The second-order valence-electron chi connectivity index (χ2n) is 5.74. The first kappa shape index (κ1) is 21.9. The topological polar surface area (TPSA) is 67.1 Å². The summed E-state index contributed by atoms with van der Waals surface area (Å²) >= 11 is 1.72. The molecule has 0 aliphatic rings. The van der Waals surface area contributed by atoms with E-state index >= 15 is 0 Å². The van der Waals surface area contributed by atoms with Crippen LogP contribution in [0, 0.1) is 20.8 Å². The van der Waals surface area contributed by atoms with Crippen LogP contribution in [0.2, 0.25) is 0 Å². The van der Waals surface area contributed by atoms with E-state index in [-0.39, 0.29) is 24.0 Å². The highest BCUT2D eigenvalue weighted by Crippen LogP contribution is 2.17. The van der Waals surface area contributed by atoms with Crippen molar-refractivity contribution in [3.05, 3.63) is 33.8 Å². The van der Waals surface area contributed by atoms with Crippen LogP contribution in [0.5, 0.6) is 0 Å². The van der Waals surface area contributed by atoms with Gasteiger partial charge in [-0.2, -0.15) is 0 Å². The van der Waals surface area contributed by atoms with Crippen LogP contribution in [-0.2, 0) is 13.1 Å². The van der Waals surface area contributed by atoms with Gasteiger partial charge in [0.25, 0.3) is 0 Å². The highest BCUT2D eigenvalue weighted by molar-refractivity contribution is 14.0. The first-order valence-corrected chi connectivity index (χ1v) is 9.34. The molecule has 0 bridgehead atoms. The number of nitrogens with zero attached hydrogens (tertiary/aromatic N) is 4. The molecule has 0 amide bonds. The second kappa shape index (κ2) is 11.5. The predicted molar refractivity (Wildman–Crippen MR) is 116 cm³/mol. The molecule has 2 heterocycles. The second-order valence-corrected chi connectivity index (χ2v) is 7.03. The van der Waals surface area contributed by atoms with Gasteiger partial charge in [-0.1, -0.05) is 0 Å². The lowest BCUT2D eigenvalue weighted by Gasteiger charge is -2.11. The van der Waals surface area contributed by atoms with Gasteiger partial charge in [-0.05, 0) is 40.5 Å². The number of aromatic nitrogens is 3. The number of hydrogen-bond acceptors (Lipinski definition) is 4. The number of nitrogens with one attached hydrogen (secondary N) is 2. The Morgan fingerprint density at radius 1 is 1.24 bits per heavy atom. The number of hydrogen-bond donors (Lipinski definition) is 2. The van der Waals surface area contributed by atoms with E-state index in [1.165, 1.54) is 4.88 Å². The Hall–Kier alpha value is -1.16. The Labute approximate surface area is 171 Å². The molecule has 2 rings (SSSR count). The molecular weight excluding hydrogens is 447 g/mol. The normalized spacial score (nSPS) is 11.3. The predicted octanol–water partition coefficient (Wildman–Crippen LogP) is 3.42. The van der Waals surface area contributed by atoms with Crippen molar-refractivity contribution in [3.63, 3.8) is 0 Å². The molecule has 25 heavy (non-hydrogen) atoms. The van der Waals surface area contributed by atoms with Gasteiger partial charge in [-0.3, -0.25) is 0 Å². The summed E-state index contributed by atoms with van der Waals surface area (Å²) in [5, 5.41) is 7.81. The van der Waals surface area contributed by atoms with Crippen LogP contribution in [0.15, 0.2) is 17.4 Å². The van der Waals surface area contributed by atoms with Gasteiger partial charge in [0, 0.05) is 36.9 Å². The van der Waals surface area contributed by atoms with Gasteiger partial charge in [-0.15, -0.1) is 35.3 Å². The summed E-state index contributed by atoms with van der Waals surface area (Å²) < 4.78 is 2.19. The maximum atomic E-state index is 4.67. The molecule has 2 aromatic rings. The van der Waals surface area contributed by atoms with Gasteiger partial charge in [0.1, 0.15) is 5.82 Å². The zero-order valence-corrected chi connectivity index (χ0v) is 18.6. The zero-order chi connectivity index (χ0) is 17.4. The molecule has 0 spiro atoms. The van der Waals surface area contributed by atoms with E-state index in [1.54, 1.807) is 11.3 Å². The lowest BCUT2D eigenvalue weighted by Crippen LogP contribution is -2.37. The molecule has 0 fully saturated rings. The minimum Gasteiger partial charge on any atom is -0.357 e. The fourth-order valence-electron chi connectivity index (χ4n) is 2.47. The van der Waals surface area contributed by atoms with E-state index in [1.807, 2.05) is 33.2 Å². The van der Waals surface area contributed by atoms with Gasteiger partial charge >= 0.3 is 0 Å². The molecule has 0 aromatic carbocycles. The summed E-state index contributed by atoms with van der Waals surface area (Å²) in [6.45, 7) is 11.7. The van der Waals surface area contributed by atoms with Crippen molar-refractivity contribution in [2.45, 2.75) is 53.6 Å². The molecule has 2 N–H and O–H groups in total. The monoisotopic (exact) mass is 476 g/mol. The fraction of sp³-hybridized carbons (Fsp3) is 0.588. The maximum Gasteiger partial charge on any atom is 0.191 e. The maximum absolute atomic E-state index is 4.67. The lowest BCUT2D eigenvalue weighted by molar-refractivity contribution is 0.588. The van der Waals surface area contributed by atoms with Gasteiger partial charge in [-0.25, -0.2) is 15.0 Å². The SMILES string of the molecule is CCNC(=NCc1sc(C)nc1C)NCCCCn1ccnc1C.I. The van der Waals surface area contributed by atoms with E-state index < -0.39 is 0 Å². The standard InChI is InChI=1S/C17H28N6S.HI/c1-5-18-17(21-12-16-13(2)22-15(4)24-16)20-8-6-7-10-23-11-9-19-14(23)3;/h9,11H,5-8,10,12H2,1-4H3,(H2,18,20,21);1H. The first-order valence-electron chi connectivity index (χ1n) is 8.53. The Kier molecular flexibility index (Phi) is 10.0. The van der Waals surface area contributed by atoms with Crippen molar-refractivity contribution < 1.29 is 0 Å². The number of halogens is 1. The van der Waals surface area contributed by atoms with Crippen LogP contribution in [0.3, 0.4) is 0 Å². The van der Waals surface area contributed by atoms with Crippen LogP contribution >= 0.6 is 35.3 Å². The van der Waals surface area contributed by atoms with E-state index in [9.17, 15) is 0 Å². The molecule has 0 radical (unpaired) electrons. The van der Waals surface area contributed by atoms with Crippen molar-refractivity contribution in [1.29, 1.82) is 0 Å². The van der Waals surface area contributed by atoms with Crippen molar-refractivity contribution >= 4 is 41.3 Å². The first-order chi connectivity index (χ1) is 11.6. The molecule has 6 nitrogen and oxygen atoms in total. The molecule has 0 unspecified atom stereocenters. The third-order valence-electron chi connectivity index (χ3n) is 3.77. The molecule has 8 heteroatoms.